The van der Waals surface area contributed by atoms with Crippen LogP contribution in [-0.4, -0.2) is 25.7 Å². The van der Waals surface area contributed by atoms with E-state index in [1.165, 1.54) is 5.56 Å². The maximum Gasteiger partial charge on any atom is 0.230 e. The third-order valence-corrected chi connectivity index (χ3v) is 4.79. The van der Waals surface area contributed by atoms with Gasteiger partial charge in [-0.05, 0) is 44.7 Å². The standard InChI is InChI=1S/C20H21N5O/c1-10-5-12(3)18-14(6-10)13(4)22-20(24-18)25-19-21-9-15-16(23-19)7-11(2)8-17(15)26/h5-6,9,11H,7-8H2,1-4H3,(H,21,22,23,24,25). The van der Waals surface area contributed by atoms with Crippen LogP contribution >= 0.6 is 0 Å². The molecule has 2 heterocycles. The number of hydrogen-bond donors (Lipinski definition) is 1. The number of carbonyl (C=O) groups is 1. The third-order valence-electron chi connectivity index (χ3n) is 4.79. The fourth-order valence-electron chi connectivity index (χ4n) is 3.58. The van der Waals surface area contributed by atoms with Gasteiger partial charge in [0, 0.05) is 18.0 Å². The van der Waals surface area contributed by atoms with E-state index in [9.17, 15) is 4.79 Å². The van der Waals surface area contributed by atoms with Crippen LogP contribution in [0.2, 0.25) is 0 Å². The van der Waals surface area contributed by atoms with Gasteiger partial charge in [0.25, 0.3) is 0 Å². The molecule has 3 aromatic rings. The van der Waals surface area contributed by atoms with Crippen LogP contribution in [0.25, 0.3) is 10.9 Å². The van der Waals surface area contributed by atoms with Crippen molar-refractivity contribution in [2.45, 2.75) is 40.5 Å². The number of fused-ring (bicyclic) bond motifs is 2. The Kier molecular flexibility index (Phi) is 3.90. The Bertz CT molecular complexity index is 1040. The van der Waals surface area contributed by atoms with Crippen LogP contribution in [0.5, 0.6) is 0 Å². The molecule has 1 aliphatic carbocycles. The molecule has 0 radical (unpaired) electrons. The predicted octanol–water partition coefficient (Wildman–Crippen LogP) is 3.85. The second-order valence-electron chi connectivity index (χ2n) is 7.23. The Morgan fingerprint density at radius 1 is 1.04 bits per heavy atom. The molecular weight excluding hydrogens is 326 g/mol. The Balaban J connectivity index is 1.72. The van der Waals surface area contributed by atoms with E-state index >= 15 is 0 Å². The maximum absolute atomic E-state index is 12.1. The van der Waals surface area contributed by atoms with E-state index in [-0.39, 0.29) is 5.78 Å². The van der Waals surface area contributed by atoms with Gasteiger partial charge >= 0.3 is 0 Å². The number of rotatable bonds is 2. The van der Waals surface area contributed by atoms with Gasteiger partial charge in [0.05, 0.1) is 22.5 Å². The van der Waals surface area contributed by atoms with Crippen molar-refractivity contribution >= 4 is 28.6 Å². The second kappa shape index (κ2) is 6.12. The first-order valence-corrected chi connectivity index (χ1v) is 8.82. The normalized spacial score (nSPS) is 16.6. The highest BCUT2D eigenvalue weighted by Gasteiger charge is 2.24. The minimum atomic E-state index is 0.120. The van der Waals surface area contributed by atoms with Gasteiger partial charge < -0.3 is 0 Å². The highest BCUT2D eigenvalue weighted by atomic mass is 16.1. The molecule has 0 amide bonds. The Morgan fingerprint density at radius 2 is 1.85 bits per heavy atom. The molecule has 0 bridgehead atoms. The van der Waals surface area contributed by atoms with Gasteiger partial charge in [-0.1, -0.05) is 18.6 Å². The Hall–Kier alpha value is -2.89. The third kappa shape index (κ3) is 2.92. The van der Waals surface area contributed by atoms with Crippen LogP contribution in [-0.2, 0) is 6.42 Å². The minimum Gasteiger partial charge on any atom is -0.294 e. The molecule has 0 aliphatic heterocycles. The quantitative estimate of drug-likeness (QED) is 0.758. The smallest absolute Gasteiger partial charge is 0.230 e. The van der Waals surface area contributed by atoms with Crippen LogP contribution in [0, 0.1) is 26.7 Å². The van der Waals surface area contributed by atoms with Gasteiger partial charge in [0.2, 0.25) is 11.9 Å². The summed E-state index contributed by atoms with van der Waals surface area (Å²) < 4.78 is 0. The van der Waals surface area contributed by atoms with Gasteiger partial charge in [-0.15, -0.1) is 0 Å². The van der Waals surface area contributed by atoms with E-state index < -0.39 is 0 Å². The number of nitrogens with zero attached hydrogens (tertiary/aromatic N) is 4. The molecule has 0 spiro atoms. The summed E-state index contributed by atoms with van der Waals surface area (Å²) >= 11 is 0. The van der Waals surface area contributed by atoms with Crippen LogP contribution in [0.3, 0.4) is 0 Å². The van der Waals surface area contributed by atoms with E-state index in [4.69, 9.17) is 0 Å². The first kappa shape index (κ1) is 16.6. The number of aromatic nitrogens is 4. The zero-order chi connectivity index (χ0) is 18.4. The molecule has 0 fully saturated rings. The van der Waals surface area contributed by atoms with Crippen molar-refractivity contribution in [3.05, 3.63) is 46.4 Å². The lowest BCUT2D eigenvalue weighted by atomic mass is 9.88. The molecule has 132 valence electrons. The molecule has 1 aliphatic rings. The number of aryl methyl sites for hydroxylation is 3. The molecular formula is C20H21N5O. The number of hydrogen-bond acceptors (Lipinski definition) is 6. The van der Waals surface area contributed by atoms with Crippen molar-refractivity contribution in [1.82, 2.24) is 19.9 Å². The average Bonchev–Trinajstić information content (AvgIpc) is 2.55. The summed E-state index contributed by atoms with van der Waals surface area (Å²) in [5, 5.41) is 4.16. The molecule has 1 aromatic carbocycles. The van der Waals surface area contributed by atoms with E-state index in [2.05, 4.69) is 51.2 Å². The van der Waals surface area contributed by atoms with Crippen molar-refractivity contribution in [1.29, 1.82) is 0 Å². The van der Waals surface area contributed by atoms with Crippen molar-refractivity contribution in [3.63, 3.8) is 0 Å². The van der Waals surface area contributed by atoms with Crippen LogP contribution in [0.4, 0.5) is 11.9 Å². The number of Topliss-reactive ketones (excluding diaryl/α,β-unsaturated/α-hetero) is 1. The van der Waals surface area contributed by atoms with Crippen LogP contribution < -0.4 is 5.32 Å². The number of ketones is 1. The van der Waals surface area contributed by atoms with Crippen molar-refractivity contribution < 1.29 is 4.79 Å². The van der Waals surface area contributed by atoms with Crippen molar-refractivity contribution in [2.24, 2.45) is 5.92 Å². The lowest BCUT2D eigenvalue weighted by Crippen LogP contribution is -2.20. The molecule has 1 N–H and O–H groups in total. The molecule has 26 heavy (non-hydrogen) atoms. The maximum atomic E-state index is 12.1. The number of anilines is 2. The van der Waals surface area contributed by atoms with Crippen molar-refractivity contribution in [3.8, 4) is 0 Å². The van der Waals surface area contributed by atoms with E-state index in [1.54, 1.807) is 6.20 Å². The van der Waals surface area contributed by atoms with Gasteiger partial charge in [-0.3, -0.25) is 10.1 Å². The van der Waals surface area contributed by atoms with Gasteiger partial charge in [-0.25, -0.2) is 19.9 Å². The average molecular weight is 347 g/mol. The highest BCUT2D eigenvalue weighted by Crippen LogP contribution is 2.26. The summed E-state index contributed by atoms with van der Waals surface area (Å²) in [5.41, 5.74) is 5.57. The van der Waals surface area contributed by atoms with Crippen LogP contribution in [0.15, 0.2) is 18.3 Å². The molecule has 6 nitrogen and oxygen atoms in total. The molecule has 1 atom stereocenters. The van der Waals surface area contributed by atoms with Crippen molar-refractivity contribution in [2.75, 3.05) is 5.32 Å². The first-order valence-electron chi connectivity index (χ1n) is 8.82. The molecule has 4 rings (SSSR count). The summed E-state index contributed by atoms with van der Waals surface area (Å²) in [6.45, 7) is 8.16. The summed E-state index contributed by atoms with van der Waals surface area (Å²) in [6, 6.07) is 4.21. The fourth-order valence-corrected chi connectivity index (χ4v) is 3.58. The number of carbonyl (C=O) groups excluding carboxylic acids is 1. The van der Waals surface area contributed by atoms with E-state index in [0.717, 1.165) is 34.3 Å². The fraction of sp³-hybridized carbons (Fsp3) is 0.350. The molecule has 1 unspecified atom stereocenters. The van der Waals surface area contributed by atoms with Crippen LogP contribution in [0.1, 0.15) is 46.2 Å². The molecule has 0 saturated carbocycles. The molecule has 6 heteroatoms. The highest BCUT2D eigenvalue weighted by molar-refractivity contribution is 5.98. The Morgan fingerprint density at radius 3 is 2.65 bits per heavy atom. The number of benzene rings is 1. The summed E-state index contributed by atoms with van der Waals surface area (Å²) in [4.78, 5) is 30.1. The Labute approximate surface area is 152 Å². The second-order valence-corrected chi connectivity index (χ2v) is 7.23. The summed E-state index contributed by atoms with van der Waals surface area (Å²) in [6.07, 6.45) is 2.96. The predicted molar refractivity (Wildman–Crippen MR) is 101 cm³/mol. The summed E-state index contributed by atoms with van der Waals surface area (Å²) in [5.74, 6) is 1.32. The zero-order valence-corrected chi connectivity index (χ0v) is 15.4. The largest absolute Gasteiger partial charge is 0.294 e. The lowest BCUT2D eigenvalue weighted by molar-refractivity contribution is 0.0951. The SMILES string of the molecule is Cc1cc(C)c2nc(Nc3ncc4c(n3)CC(C)CC4=O)nc(C)c2c1. The molecule has 2 aromatic heterocycles. The topological polar surface area (TPSA) is 80.7 Å². The van der Waals surface area contributed by atoms with Gasteiger partial charge in [-0.2, -0.15) is 0 Å². The molecule has 0 saturated heterocycles. The monoisotopic (exact) mass is 347 g/mol. The van der Waals surface area contributed by atoms with Gasteiger partial charge in [0.15, 0.2) is 5.78 Å². The zero-order valence-electron chi connectivity index (χ0n) is 15.4. The summed E-state index contributed by atoms with van der Waals surface area (Å²) in [7, 11) is 0. The van der Waals surface area contributed by atoms with Gasteiger partial charge in [0.1, 0.15) is 0 Å². The van der Waals surface area contributed by atoms with E-state index in [0.29, 0.717) is 29.8 Å². The minimum absolute atomic E-state index is 0.120. The lowest BCUT2D eigenvalue weighted by Gasteiger charge is -2.19. The van der Waals surface area contributed by atoms with E-state index in [1.807, 2.05) is 13.8 Å². The number of nitrogens with one attached hydrogen (secondary N) is 1. The first-order chi connectivity index (χ1) is 12.4.